The molecule has 0 radical (unpaired) electrons. The highest BCUT2D eigenvalue weighted by atomic mass is 32.2. The summed E-state index contributed by atoms with van der Waals surface area (Å²) >= 11 is 1.67. The van der Waals surface area contributed by atoms with Crippen molar-refractivity contribution in [1.82, 2.24) is 9.97 Å². The topological polar surface area (TPSA) is 63.8 Å². The lowest BCUT2D eigenvalue weighted by Crippen LogP contribution is -2.00. The minimum Gasteiger partial charge on any atom is -0.394 e. The molecule has 0 atom stereocenters. The number of anilines is 3. The predicted octanol–water partition coefficient (Wildman–Crippen LogP) is 2.52. The Labute approximate surface area is 98.3 Å². The molecule has 0 unspecified atom stereocenters. The molecule has 1 aromatic heterocycles. The van der Waals surface area contributed by atoms with Crippen LogP contribution in [0.25, 0.3) is 0 Å². The van der Waals surface area contributed by atoms with E-state index in [-0.39, 0.29) is 0 Å². The van der Waals surface area contributed by atoms with Crippen LogP contribution in [0.2, 0.25) is 0 Å². The number of thioether (sulfide) groups is 1. The molecule has 0 amide bonds. The van der Waals surface area contributed by atoms with E-state index in [1.807, 2.05) is 30.5 Å². The number of nitrogens with two attached hydrogens (primary N) is 1. The smallest absolute Gasteiger partial charge is 0.157 e. The van der Waals surface area contributed by atoms with Crippen LogP contribution in [0.15, 0.2) is 41.7 Å². The maximum atomic E-state index is 5.77. The second kappa shape index (κ2) is 4.85. The normalized spacial score (nSPS) is 10.1. The molecule has 4 nitrogen and oxygen atoms in total. The summed E-state index contributed by atoms with van der Waals surface area (Å²) in [5, 5.41) is 3.19. The molecule has 0 fully saturated rings. The Morgan fingerprint density at radius 2 is 2.12 bits per heavy atom. The number of nitrogen functional groups attached to an aromatic ring is 1. The van der Waals surface area contributed by atoms with Crippen molar-refractivity contribution < 1.29 is 0 Å². The third kappa shape index (κ3) is 2.25. The number of para-hydroxylation sites is 1. The van der Waals surface area contributed by atoms with Crippen LogP contribution in [0.5, 0.6) is 0 Å². The summed E-state index contributed by atoms with van der Waals surface area (Å²) in [4.78, 5) is 9.09. The van der Waals surface area contributed by atoms with Crippen molar-refractivity contribution in [2.45, 2.75) is 4.90 Å². The molecule has 1 aromatic carbocycles. The molecule has 0 bridgehead atoms. The Kier molecular flexibility index (Phi) is 3.26. The molecular formula is C11H12N4S. The highest BCUT2D eigenvalue weighted by Crippen LogP contribution is 2.28. The number of aromatic nitrogens is 2. The Balaban J connectivity index is 2.30. The van der Waals surface area contributed by atoms with Crippen LogP contribution in [-0.4, -0.2) is 16.2 Å². The van der Waals surface area contributed by atoms with Gasteiger partial charge in [0.2, 0.25) is 0 Å². The minimum atomic E-state index is 0.540. The van der Waals surface area contributed by atoms with Gasteiger partial charge in [0.25, 0.3) is 0 Å². The van der Waals surface area contributed by atoms with E-state index in [4.69, 9.17) is 5.73 Å². The molecule has 0 aliphatic rings. The molecule has 16 heavy (non-hydrogen) atoms. The van der Waals surface area contributed by atoms with Gasteiger partial charge >= 0.3 is 0 Å². The van der Waals surface area contributed by atoms with Crippen molar-refractivity contribution in [3.8, 4) is 0 Å². The molecule has 1 heterocycles. The van der Waals surface area contributed by atoms with Crippen LogP contribution in [0.3, 0.4) is 0 Å². The number of rotatable bonds is 3. The van der Waals surface area contributed by atoms with Gasteiger partial charge in [-0.25, -0.2) is 9.97 Å². The number of nitrogens with zero attached hydrogens (tertiary/aromatic N) is 2. The zero-order chi connectivity index (χ0) is 11.4. The zero-order valence-corrected chi connectivity index (χ0v) is 9.66. The Morgan fingerprint density at radius 3 is 2.88 bits per heavy atom. The van der Waals surface area contributed by atoms with Crippen LogP contribution in [0.4, 0.5) is 17.2 Å². The van der Waals surface area contributed by atoms with Crippen molar-refractivity contribution in [3.05, 3.63) is 36.8 Å². The summed E-state index contributed by atoms with van der Waals surface area (Å²) in [5.74, 6) is 0.636. The van der Waals surface area contributed by atoms with Crippen molar-refractivity contribution in [1.29, 1.82) is 0 Å². The lowest BCUT2D eigenvalue weighted by Gasteiger charge is -2.10. The monoisotopic (exact) mass is 232 g/mol. The van der Waals surface area contributed by atoms with Crippen molar-refractivity contribution in [2.24, 2.45) is 0 Å². The lowest BCUT2D eigenvalue weighted by molar-refractivity contribution is 1.17. The van der Waals surface area contributed by atoms with Crippen molar-refractivity contribution in [2.75, 3.05) is 17.3 Å². The van der Waals surface area contributed by atoms with Gasteiger partial charge in [-0.1, -0.05) is 12.1 Å². The zero-order valence-electron chi connectivity index (χ0n) is 8.84. The SMILES string of the molecule is CSc1ccccc1Nc1ncncc1N. The molecular weight excluding hydrogens is 220 g/mol. The third-order valence-corrected chi connectivity index (χ3v) is 2.90. The molecule has 82 valence electrons. The molecule has 0 saturated heterocycles. The average Bonchev–Trinajstić information content (AvgIpc) is 2.33. The number of hydrogen-bond donors (Lipinski definition) is 2. The second-order valence-electron chi connectivity index (χ2n) is 3.15. The third-order valence-electron chi connectivity index (χ3n) is 2.10. The van der Waals surface area contributed by atoms with E-state index in [0.717, 1.165) is 10.6 Å². The van der Waals surface area contributed by atoms with Crippen LogP contribution in [0.1, 0.15) is 0 Å². The summed E-state index contributed by atoms with van der Waals surface area (Å²) in [6.07, 6.45) is 5.08. The van der Waals surface area contributed by atoms with Gasteiger partial charge in [0.1, 0.15) is 6.33 Å². The van der Waals surface area contributed by atoms with Crippen molar-refractivity contribution in [3.63, 3.8) is 0 Å². The fraction of sp³-hybridized carbons (Fsp3) is 0.0909. The van der Waals surface area contributed by atoms with E-state index >= 15 is 0 Å². The van der Waals surface area contributed by atoms with Crippen molar-refractivity contribution >= 4 is 29.0 Å². The first-order valence-corrected chi connectivity index (χ1v) is 5.99. The highest BCUT2D eigenvalue weighted by Gasteiger charge is 2.04. The number of benzene rings is 1. The molecule has 0 aliphatic carbocycles. The molecule has 0 spiro atoms. The van der Waals surface area contributed by atoms with Gasteiger partial charge in [-0.3, -0.25) is 0 Å². The maximum Gasteiger partial charge on any atom is 0.157 e. The molecule has 5 heteroatoms. The Morgan fingerprint density at radius 1 is 1.31 bits per heavy atom. The van der Waals surface area contributed by atoms with Crippen LogP contribution in [0, 0.1) is 0 Å². The van der Waals surface area contributed by atoms with Gasteiger partial charge in [-0.2, -0.15) is 0 Å². The second-order valence-corrected chi connectivity index (χ2v) is 4.00. The quantitative estimate of drug-likeness (QED) is 0.796. The predicted molar refractivity (Wildman–Crippen MR) is 68.0 cm³/mol. The maximum absolute atomic E-state index is 5.77. The van der Waals surface area contributed by atoms with Gasteiger partial charge in [-0.05, 0) is 18.4 Å². The molecule has 0 aliphatic heterocycles. The van der Waals surface area contributed by atoms with Gasteiger partial charge in [-0.15, -0.1) is 11.8 Å². The fourth-order valence-corrected chi connectivity index (χ4v) is 1.87. The summed E-state index contributed by atoms with van der Waals surface area (Å²) in [7, 11) is 0. The fourth-order valence-electron chi connectivity index (χ4n) is 1.32. The number of nitrogens with one attached hydrogen (secondary N) is 1. The summed E-state index contributed by atoms with van der Waals surface area (Å²) < 4.78 is 0. The lowest BCUT2D eigenvalue weighted by atomic mass is 10.3. The van der Waals surface area contributed by atoms with Crippen LogP contribution >= 0.6 is 11.8 Å². The summed E-state index contributed by atoms with van der Waals surface area (Å²) in [6, 6.07) is 8.01. The van der Waals surface area contributed by atoms with Crippen LogP contribution in [-0.2, 0) is 0 Å². The highest BCUT2D eigenvalue weighted by molar-refractivity contribution is 7.98. The van der Waals surface area contributed by atoms with E-state index in [1.54, 1.807) is 18.0 Å². The first-order chi connectivity index (χ1) is 7.81. The average molecular weight is 232 g/mol. The largest absolute Gasteiger partial charge is 0.394 e. The summed E-state index contributed by atoms with van der Waals surface area (Å²) in [5.41, 5.74) is 7.31. The van der Waals surface area contributed by atoms with E-state index < -0.39 is 0 Å². The molecule has 0 saturated carbocycles. The van der Waals surface area contributed by atoms with Gasteiger partial charge in [0, 0.05) is 4.90 Å². The van der Waals surface area contributed by atoms with Gasteiger partial charge in [0.05, 0.1) is 17.6 Å². The van der Waals surface area contributed by atoms with E-state index in [0.29, 0.717) is 11.5 Å². The first kappa shape index (κ1) is 10.8. The van der Waals surface area contributed by atoms with Gasteiger partial charge < -0.3 is 11.1 Å². The van der Waals surface area contributed by atoms with Gasteiger partial charge in [0.15, 0.2) is 5.82 Å². The number of hydrogen-bond acceptors (Lipinski definition) is 5. The van der Waals surface area contributed by atoms with E-state index in [9.17, 15) is 0 Å². The summed E-state index contributed by atoms with van der Waals surface area (Å²) in [6.45, 7) is 0. The first-order valence-electron chi connectivity index (χ1n) is 4.77. The Hall–Kier alpha value is -1.75. The molecule has 2 rings (SSSR count). The molecule has 3 N–H and O–H groups in total. The minimum absolute atomic E-state index is 0.540. The van der Waals surface area contributed by atoms with Crippen LogP contribution < -0.4 is 11.1 Å². The Bertz CT molecular complexity index is 487. The van der Waals surface area contributed by atoms with E-state index in [2.05, 4.69) is 15.3 Å². The standard InChI is InChI=1S/C11H12N4S/c1-16-10-5-3-2-4-9(10)15-11-8(12)6-13-7-14-11/h2-7H,12H2,1H3,(H,13,14,15). The van der Waals surface area contributed by atoms with E-state index in [1.165, 1.54) is 6.33 Å². The molecule has 2 aromatic rings.